The van der Waals surface area contributed by atoms with E-state index in [4.69, 9.17) is 9.47 Å². The maximum absolute atomic E-state index is 12.4. The van der Waals surface area contributed by atoms with Gasteiger partial charge in [-0.05, 0) is 36.8 Å². The summed E-state index contributed by atoms with van der Waals surface area (Å²) in [5.41, 5.74) is 2.34. The Balaban J connectivity index is 1.66. The first-order chi connectivity index (χ1) is 12.7. The zero-order valence-electron chi connectivity index (χ0n) is 14.8. The molecule has 0 spiro atoms. The molecule has 0 aliphatic rings. The van der Waals surface area contributed by atoms with Gasteiger partial charge >= 0.3 is 0 Å². The van der Waals surface area contributed by atoms with Gasteiger partial charge in [-0.1, -0.05) is 24.3 Å². The van der Waals surface area contributed by atoms with Gasteiger partial charge in [-0.2, -0.15) is 5.10 Å². The molecule has 0 fully saturated rings. The molecule has 1 N–H and O–H groups in total. The lowest BCUT2D eigenvalue weighted by molar-refractivity contribution is 0.0951. The number of hydrogen-bond donors (Lipinski definition) is 1. The molecular weight excluding hydrogens is 330 g/mol. The van der Waals surface area contributed by atoms with Crippen molar-refractivity contribution in [2.24, 2.45) is 0 Å². The third-order valence-corrected chi connectivity index (χ3v) is 3.85. The van der Waals surface area contributed by atoms with Crippen molar-refractivity contribution in [3.63, 3.8) is 0 Å². The highest BCUT2D eigenvalue weighted by molar-refractivity contribution is 5.93. The van der Waals surface area contributed by atoms with Crippen molar-refractivity contribution in [3.05, 3.63) is 72.1 Å². The molecule has 2 aromatic carbocycles. The van der Waals surface area contributed by atoms with Gasteiger partial charge in [0.2, 0.25) is 0 Å². The van der Waals surface area contributed by atoms with Crippen molar-refractivity contribution in [1.29, 1.82) is 0 Å². The van der Waals surface area contributed by atoms with Crippen LogP contribution in [0.25, 0.3) is 5.69 Å². The number of carbonyl (C=O) groups is 1. The second kappa shape index (κ2) is 8.20. The van der Waals surface area contributed by atoms with Gasteiger partial charge in [0, 0.05) is 12.7 Å². The third-order valence-electron chi connectivity index (χ3n) is 3.85. The molecule has 26 heavy (non-hydrogen) atoms. The number of methoxy groups -OCH3 is 1. The van der Waals surface area contributed by atoms with Gasteiger partial charge in [-0.3, -0.25) is 4.79 Å². The molecule has 0 aliphatic carbocycles. The van der Waals surface area contributed by atoms with E-state index in [1.165, 1.54) is 0 Å². The van der Waals surface area contributed by atoms with Gasteiger partial charge in [0.15, 0.2) is 11.5 Å². The summed E-state index contributed by atoms with van der Waals surface area (Å²) >= 11 is 0. The predicted octanol–water partition coefficient (Wildman–Crippen LogP) is 3.21. The van der Waals surface area contributed by atoms with E-state index in [-0.39, 0.29) is 5.91 Å². The molecule has 1 amide bonds. The Morgan fingerprint density at radius 1 is 1.15 bits per heavy atom. The number of hydrogen-bond acceptors (Lipinski definition) is 4. The van der Waals surface area contributed by atoms with Gasteiger partial charge in [0.25, 0.3) is 5.91 Å². The SMILES string of the molecule is CCOc1cc(CNC(=O)c2cnn(-c3ccccc3)c2)ccc1OC. The van der Waals surface area contributed by atoms with Crippen LogP contribution in [0.15, 0.2) is 60.9 Å². The van der Waals surface area contributed by atoms with Crippen LogP contribution in [0.5, 0.6) is 11.5 Å². The summed E-state index contributed by atoms with van der Waals surface area (Å²) in [4.78, 5) is 12.4. The minimum absolute atomic E-state index is 0.180. The topological polar surface area (TPSA) is 65.4 Å². The van der Waals surface area contributed by atoms with Crippen molar-refractivity contribution < 1.29 is 14.3 Å². The minimum atomic E-state index is -0.180. The first-order valence-corrected chi connectivity index (χ1v) is 8.39. The van der Waals surface area contributed by atoms with Crippen LogP contribution in [0.2, 0.25) is 0 Å². The molecule has 1 heterocycles. The Morgan fingerprint density at radius 3 is 2.69 bits per heavy atom. The molecule has 0 radical (unpaired) electrons. The summed E-state index contributed by atoms with van der Waals surface area (Å²) in [5, 5.41) is 7.14. The van der Waals surface area contributed by atoms with E-state index in [0.717, 1.165) is 11.3 Å². The van der Waals surface area contributed by atoms with Crippen LogP contribution in [-0.4, -0.2) is 29.4 Å². The lowest BCUT2D eigenvalue weighted by Crippen LogP contribution is -2.22. The number of para-hydroxylation sites is 1. The van der Waals surface area contributed by atoms with E-state index >= 15 is 0 Å². The minimum Gasteiger partial charge on any atom is -0.493 e. The van der Waals surface area contributed by atoms with Gasteiger partial charge in [0.1, 0.15) is 0 Å². The molecule has 0 unspecified atom stereocenters. The fourth-order valence-corrected chi connectivity index (χ4v) is 2.55. The fraction of sp³-hybridized carbons (Fsp3) is 0.200. The molecule has 0 saturated carbocycles. The lowest BCUT2D eigenvalue weighted by Gasteiger charge is -2.11. The van der Waals surface area contributed by atoms with Crippen LogP contribution < -0.4 is 14.8 Å². The molecule has 0 bridgehead atoms. The largest absolute Gasteiger partial charge is 0.493 e. The zero-order valence-corrected chi connectivity index (χ0v) is 14.8. The average molecular weight is 351 g/mol. The lowest BCUT2D eigenvalue weighted by atomic mass is 10.2. The molecule has 0 aliphatic heterocycles. The van der Waals surface area contributed by atoms with Crippen LogP contribution >= 0.6 is 0 Å². The highest BCUT2D eigenvalue weighted by Gasteiger charge is 2.10. The Kier molecular flexibility index (Phi) is 5.53. The Morgan fingerprint density at radius 2 is 1.96 bits per heavy atom. The van der Waals surface area contributed by atoms with E-state index in [9.17, 15) is 4.79 Å². The smallest absolute Gasteiger partial charge is 0.254 e. The van der Waals surface area contributed by atoms with E-state index in [1.54, 1.807) is 24.2 Å². The summed E-state index contributed by atoms with van der Waals surface area (Å²) in [6.07, 6.45) is 3.27. The molecule has 0 atom stereocenters. The van der Waals surface area contributed by atoms with Gasteiger partial charge in [-0.25, -0.2) is 4.68 Å². The summed E-state index contributed by atoms with van der Waals surface area (Å²) < 4.78 is 12.5. The molecule has 3 aromatic rings. The van der Waals surface area contributed by atoms with Crippen molar-refractivity contribution >= 4 is 5.91 Å². The van der Waals surface area contributed by atoms with Crippen LogP contribution in [-0.2, 0) is 6.54 Å². The summed E-state index contributed by atoms with van der Waals surface area (Å²) in [5.74, 6) is 1.16. The quantitative estimate of drug-likeness (QED) is 0.710. The van der Waals surface area contributed by atoms with Crippen molar-refractivity contribution in [2.45, 2.75) is 13.5 Å². The molecular formula is C20H21N3O3. The highest BCUT2D eigenvalue weighted by atomic mass is 16.5. The molecule has 1 aromatic heterocycles. The van der Waals surface area contributed by atoms with E-state index in [2.05, 4.69) is 10.4 Å². The molecule has 0 saturated heterocycles. The Hall–Kier alpha value is -3.28. The van der Waals surface area contributed by atoms with Gasteiger partial charge < -0.3 is 14.8 Å². The number of carbonyl (C=O) groups excluding carboxylic acids is 1. The number of nitrogens with zero attached hydrogens (tertiary/aromatic N) is 2. The first-order valence-electron chi connectivity index (χ1n) is 8.39. The van der Waals surface area contributed by atoms with Crippen molar-refractivity contribution in [1.82, 2.24) is 15.1 Å². The second-order valence-corrected chi connectivity index (χ2v) is 5.61. The summed E-state index contributed by atoms with van der Waals surface area (Å²) in [7, 11) is 1.60. The van der Waals surface area contributed by atoms with Crippen LogP contribution in [0.3, 0.4) is 0 Å². The van der Waals surface area contributed by atoms with E-state index in [1.807, 2.05) is 55.5 Å². The fourth-order valence-electron chi connectivity index (χ4n) is 2.55. The highest BCUT2D eigenvalue weighted by Crippen LogP contribution is 2.28. The standard InChI is InChI=1S/C20H21N3O3/c1-3-26-19-11-15(9-10-18(19)25-2)12-21-20(24)16-13-22-23(14-16)17-7-5-4-6-8-17/h4-11,13-14H,3,12H2,1-2H3,(H,21,24). The van der Waals surface area contributed by atoms with Gasteiger partial charge in [0.05, 0.1) is 31.2 Å². The monoisotopic (exact) mass is 351 g/mol. The Labute approximate surface area is 152 Å². The molecule has 6 heteroatoms. The summed E-state index contributed by atoms with van der Waals surface area (Å²) in [6, 6.07) is 15.3. The number of aromatic nitrogens is 2. The van der Waals surface area contributed by atoms with E-state index < -0.39 is 0 Å². The van der Waals surface area contributed by atoms with Crippen molar-refractivity contribution in [2.75, 3.05) is 13.7 Å². The number of nitrogens with one attached hydrogen (secondary N) is 1. The molecule has 3 rings (SSSR count). The van der Waals surface area contributed by atoms with Crippen LogP contribution in [0.1, 0.15) is 22.8 Å². The van der Waals surface area contributed by atoms with Crippen LogP contribution in [0, 0.1) is 0 Å². The number of amides is 1. The van der Waals surface area contributed by atoms with Crippen LogP contribution in [0.4, 0.5) is 0 Å². The second-order valence-electron chi connectivity index (χ2n) is 5.61. The maximum Gasteiger partial charge on any atom is 0.254 e. The maximum atomic E-state index is 12.4. The number of ether oxygens (including phenoxy) is 2. The van der Waals surface area contributed by atoms with Gasteiger partial charge in [-0.15, -0.1) is 0 Å². The normalized spacial score (nSPS) is 10.4. The third kappa shape index (κ3) is 4.03. The number of benzene rings is 2. The predicted molar refractivity (Wildman–Crippen MR) is 98.9 cm³/mol. The average Bonchev–Trinajstić information content (AvgIpc) is 3.17. The first kappa shape index (κ1) is 17.5. The zero-order chi connectivity index (χ0) is 18.4. The molecule has 6 nitrogen and oxygen atoms in total. The number of rotatable bonds is 7. The van der Waals surface area contributed by atoms with E-state index in [0.29, 0.717) is 30.2 Å². The Bertz CT molecular complexity index is 875. The summed E-state index contributed by atoms with van der Waals surface area (Å²) in [6.45, 7) is 2.85. The molecule has 134 valence electrons. The van der Waals surface area contributed by atoms with Crippen molar-refractivity contribution in [3.8, 4) is 17.2 Å².